The van der Waals surface area contributed by atoms with Crippen molar-refractivity contribution in [2.24, 2.45) is 0 Å². The van der Waals surface area contributed by atoms with Gasteiger partial charge in [0.1, 0.15) is 0 Å². The van der Waals surface area contributed by atoms with E-state index in [4.69, 9.17) is 33.2 Å². The first-order chi connectivity index (χ1) is 22.4. The first kappa shape index (κ1) is 29.2. The minimum absolute atomic E-state index is 0.587. The molecule has 2 aliphatic heterocycles. The lowest BCUT2D eigenvalue weighted by Gasteiger charge is -2.04. The van der Waals surface area contributed by atoms with Crippen molar-refractivity contribution in [2.75, 3.05) is 0 Å². The van der Waals surface area contributed by atoms with E-state index in [1.807, 2.05) is 109 Å². The van der Waals surface area contributed by atoms with Gasteiger partial charge in [0.25, 0.3) is 0 Å². The predicted octanol–water partition coefficient (Wildman–Crippen LogP) is 9.55. The summed E-state index contributed by atoms with van der Waals surface area (Å²) in [4.78, 5) is 40.9. The maximum Gasteiger partial charge on any atom is 0.245 e. The predicted molar refractivity (Wildman–Crippen MR) is 190 cm³/mol. The van der Waals surface area contributed by atoms with E-state index in [0.29, 0.717) is 22.5 Å². The Bertz CT molecular complexity index is 2150. The van der Waals surface area contributed by atoms with Crippen LogP contribution in [0.15, 0.2) is 97.1 Å². The topological polar surface area (TPSA) is 91.5 Å². The fourth-order valence-corrected chi connectivity index (χ4v) is 5.84. The summed E-state index contributed by atoms with van der Waals surface area (Å²) in [5.41, 5.74) is 11.0. The van der Waals surface area contributed by atoms with Gasteiger partial charge in [-0.3, -0.25) is 9.59 Å². The van der Waals surface area contributed by atoms with Gasteiger partial charge in [-0.1, -0.05) is 60.7 Å². The molecule has 0 aliphatic carbocycles. The summed E-state index contributed by atoms with van der Waals surface area (Å²) in [5, 5.41) is -1.17. The molecule has 2 aliphatic rings. The largest absolute Gasteiger partial charge is 0.354 e. The van der Waals surface area contributed by atoms with Gasteiger partial charge >= 0.3 is 0 Å². The van der Waals surface area contributed by atoms with Gasteiger partial charge in [0.2, 0.25) is 10.5 Å². The van der Waals surface area contributed by atoms with Crippen LogP contribution in [0.5, 0.6) is 0 Å². The standard InChI is InChI=1S/C38H24Cl2N4O2/c39-35(45)21-11-25-27-13-17-31(41-27)37(23-7-3-1-4-8-23)32-18-14-28(42-32)26(12-22-36(40)46)30-16-20-34(44-30)38(24-9-5-2-6-10-24)33-19-15-29(25)43-33/h1-22,41,44H/b21-11+,22-12+,27-25?,28-26?,29-25?,30-26?,37-31?,37-32?,38-33?,38-34?. The average molecular weight is 640 g/mol. The fourth-order valence-electron chi connectivity index (χ4n) is 5.72. The molecule has 222 valence electrons. The second-order valence-electron chi connectivity index (χ2n) is 10.6. The smallest absolute Gasteiger partial charge is 0.245 e. The van der Waals surface area contributed by atoms with Crippen molar-refractivity contribution in [1.82, 2.24) is 19.9 Å². The van der Waals surface area contributed by atoms with Crippen LogP contribution >= 0.6 is 23.2 Å². The number of fused-ring (bicyclic) bond motifs is 8. The van der Waals surface area contributed by atoms with Crippen LogP contribution in [0.25, 0.3) is 80.8 Å². The highest BCUT2D eigenvalue weighted by molar-refractivity contribution is 6.67. The summed E-state index contributed by atoms with van der Waals surface area (Å²) >= 11 is 11.5. The lowest BCUT2D eigenvalue weighted by Crippen LogP contribution is -1.89. The monoisotopic (exact) mass is 638 g/mol. The quantitative estimate of drug-likeness (QED) is 0.140. The fraction of sp³-hybridized carbons (Fsp3) is 0. The number of H-pyrrole nitrogens is 2. The number of hydrogen-bond donors (Lipinski definition) is 2. The third-order valence-corrected chi connectivity index (χ3v) is 7.97. The molecule has 0 spiro atoms. The highest BCUT2D eigenvalue weighted by atomic mass is 35.5. The number of aromatic nitrogens is 4. The van der Waals surface area contributed by atoms with E-state index in [9.17, 15) is 9.59 Å². The van der Waals surface area contributed by atoms with E-state index in [2.05, 4.69) is 9.97 Å². The number of hydrogen-bond acceptors (Lipinski definition) is 4. The van der Waals surface area contributed by atoms with Crippen LogP contribution in [0.3, 0.4) is 0 Å². The summed E-state index contributed by atoms with van der Waals surface area (Å²) < 4.78 is 0. The normalized spacial score (nSPS) is 12.4. The van der Waals surface area contributed by atoms with Crippen LogP contribution in [-0.2, 0) is 9.59 Å². The molecular formula is C38H24Cl2N4O2. The van der Waals surface area contributed by atoms with E-state index in [1.54, 1.807) is 12.2 Å². The maximum absolute atomic E-state index is 11.8. The second kappa shape index (κ2) is 12.4. The Morgan fingerprint density at radius 2 is 0.870 bits per heavy atom. The van der Waals surface area contributed by atoms with Gasteiger partial charge in [-0.15, -0.1) is 0 Å². The first-order valence-electron chi connectivity index (χ1n) is 14.5. The maximum atomic E-state index is 11.8. The average Bonchev–Trinajstić information content (AvgIpc) is 3.88. The van der Waals surface area contributed by atoms with Gasteiger partial charge in [0.15, 0.2) is 0 Å². The van der Waals surface area contributed by atoms with Crippen LogP contribution in [-0.4, -0.2) is 30.4 Å². The molecule has 0 fully saturated rings. The van der Waals surface area contributed by atoms with Gasteiger partial charge in [-0.2, -0.15) is 0 Å². The Balaban J connectivity index is 1.68. The highest BCUT2D eigenvalue weighted by Crippen LogP contribution is 2.34. The van der Waals surface area contributed by atoms with Crippen molar-refractivity contribution < 1.29 is 9.59 Å². The molecular weight excluding hydrogens is 615 g/mol. The van der Waals surface area contributed by atoms with Crippen molar-refractivity contribution in [3.63, 3.8) is 0 Å². The minimum atomic E-state index is -0.587. The Hall–Kier alpha value is -5.56. The number of benzene rings is 2. The van der Waals surface area contributed by atoms with E-state index in [-0.39, 0.29) is 0 Å². The van der Waals surface area contributed by atoms with Crippen LogP contribution in [0, 0.1) is 0 Å². The SMILES string of the molecule is O=C(Cl)/C=C/c1c2nc(c(-c3ccccc3)c3ccc([nH]3)c(/C=C/C(=O)Cl)c3nc(c(-c4ccccc4)c4ccc1[nH]4)C=C3)C=C2. The van der Waals surface area contributed by atoms with Crippen LogP contribution in [0.2, 0.25) is 0 Å². The van der Waals surface area contributed by atoms with Gasteiger partial charge in [0.05, 0.1) is 22.8 Å². The van der Waals surface area contributed by atoms with Crippen molar-refractivity contribution in [1.29, 1.82) is 0 Å². The van der Waals surface area contributed by atoms with Gasteiger partial charge < -0.3 is 9.97 Å². The van der Waals surface area contributed by atoms with Crippen molar-refractivity contribution in [3.8, 4) is 22.3 Å². The number of aromatic amines is 2. The number of nitrogens with one attached hydrogen (secondary N) is 2. The molecule has 0 radical (unpaired) electrons. The van der Waals surface area contributed by atoms with Crippen LogP contribution in [0.4, 0.5) is 0 Å². The summed E-state index contributed by atoms with van der Waals surface area (Å²) in [6.07, 6.45) is 13.8. The lowest BCUT2D eigenvalue weighted by molar-refractivity contribution is -0.108. The molecule has 0 saturated heterocycles. The molecule has 5 heterocycles. The zero-order chi connectivity index (χ0) is 31.6. The van der Waals surface area contributed by atoms with E-state index in [1.165, 1.54) is 12.2 Å². The molecule has 8 heteroatoms. The second-order valence-corrected chi connectivity index (χ2v) is 11.3. The van der Waals surface area contributed by atoms with E-state index >= 15 is 0 Å². The number of nitrogens with zero attached hydrogens (tertiary/aromatic N) is 2. The molecule has 0 atom stereocenters. The third-order valence-electron chi connectivity index (χ3n) is 7.72. The Kier molecular flexibility index (Phi) is 7.89. The van der Waals surface area contributed by atoms with Gasteiger partial charge in [0, 0.05) is 44.3 Å². The Labute approximate surface area is 274 Å². The zero-order valence-electron chi connectivity index (χ0n) is 24.2. The van der Waals surface area contributed by atoms with Crippen molar-refractivity contribution in [3.05, 3.63) is 131 Å². The summed E-state index contributed by atoms with van der Waals surface area (Å²) in [6, 6.07) is 27.8. The van der Waals surface area contributed by atoms with Crippen LogP contribution in [0.1, 0.15) is 33.9 Å². The number of allylic oxidation sites excluding steroid dienone is 2. The molecule has 3 aromatic heterocycles. The van der Waals surface area contributed by atoms with Gasteiger partial charge in [-0.25, -0.2) is 9.97 Å². The van der Waals surface area contributed by atoms with Crippen molar-refractivity contribution >= 4 is 92.2 Å². The number of rotatable bonds is 6. The Morgan fingerprint density at radius 3 is 1.26 bits per heavy atom. The molecule has 6 nitrogen and oxygen atoms in total. The Morgan fingerprint density at radius 1 is 0.500 bits per heavy atom. The number of halogens is 2. The molecule has 2 N–H and O–H groups in total. The third kappa shape index (κ3) is 5.79. The lowest BCUT2D eigenvalue weighted by atomic mass is 10.0. The molecule has 8 bridgehead atoms. The highest BCUT2D eigenvalue weighted by Gasteiger charge is 2.16. The molecule has 0 amide bonds. The zero-order valence-corrected chi connectivity index (χ0v) is 25.7. The number of carbonyl (C=O) groups is 2. The minimum Gasteiger partial charge on any atom is -0.354 e. The summed E-state index contributed by atoms with van der Waals surface area (Å²) in [6.45, 7) is 0. The molecule has 0 unspecified atom stereocenters. The molecule has 0 saturated carbocycles. The van der Waals surface area contributed by atoms with Gasteiger partial charge in [-0.05, 0) is 107 Å². The molecule has 2 aromatic carbocycles. The first-order valence-corrected chi connectivity index (χ1v) is 15.2. The summed E-state index contributed by atoms with van der Waals surface area (Å²) in [5.74, 6) is 0. The molecule has 5 aromatic rings. The number of carbonyl (C=O) groups excluding carboxylic acids is 2. The molecule has 7 rings (SSSR count). The molecule has 46 heavy (non-hydrogen) atoms. The van der Waals surface area contributed by atoms with Crippen molar-refractivity contribution in [2.45, 2.75) is 0 Å². The van der Waals surface area contributed by atoms with E-state index < -0.39 is 10.5 Å². The summed E-state index contributed by atoms with van der Waals surface area (Å²) in [7, 11) is 0. The van der Waals surface area contributed by atoms with E-state index in [0.717, 1.165) is 55.7 Å². The van der Waals surface area contributed by atoms with Crippen LogP contribution < -0.4 is 0 Å².